The molecule has 0 aliphatic heterocycles. The third kappa shape index (κ3) is 23.4. The Morgan fingerprint density at radius 2 is 1.19 bits per heavy atom. The van der Waals surface area contributed by atoms with Crippen LogP contribution in [-0.4, -0.2) is 161 Å². The number of alkyl carbamates (subject to hydrolysis) is 2. The molecule has 78 heavy (non-hydrogen) atoms. The van der Waals surface area contributed by atoms with Gasteiger partial charge in [-0.3, -0.25) is 14.4 Å². The molecule has 0 radical (unpaired) electrons. The summed E-state index contributed by atoms with van der Waals surface area (Å²) in [7, 11) is 0. The van der Waals surface area contributed by atoms with Crippen LogP contribution in [0.2, 0.25) is 0 Å². The van der Waals surface area contributed by atoms with E-state index in [1.165, 1.54) is 6.42 Å². The zero-order valence-corrected chi connectivity index (χ0v) is 47.3. The third-order valence-electron chi connectivity index (χ3n) is 14.0. The van der Waals surface area contributed by atoms with E-state index in [1.54, 1.807) is 41.5 Å². The third-order valence-corrected chi connectivity index (χ3v) is 14.0. The van der Waals surface area contributed by atoms with Gasteiger partial charge in [-0.15, -0.1) is 0 Å². The number of fused-ring (bicyclic) bond motifs is 3. The molecule has 6 N–H and O–H groups in total. The summed E-state index contributed by atoms with van der Waals surface area (Å²) in [5, 5.41) is 24.2. The normalized spacial score (nSPS) is 15.2. The fourth-order valence-corrected chi connectivity index (χ4v) is 9.09. The van der Waals surface area contributed by atoms with Crippen LogP contribution in [0.4, 0.5) is 9.59 Å². The zero-order chi connectivity index (χ0) is 57.0. The van der Waals surface area contributed by atoms with Crippen LogP contribution in [0.25, 0.3) is 11.1 Å². The minimum Gasteiger partial charge on any atom is -0.480 e. The van der Waals surface area contributed by atoms with Gasteiger partial charge in [0.15, 0.2) is 11.6 Å². The Labute approximate surface area is 461 Å². The molecule has 0 heterocycles. The smallest absolute Gasteiger partial charge is 0.408 e. The fourth-order valence-electron chi connectivity index (χ4n) is 9.09. The van der Waals surface area contributed by atoms with E-state index in [0.29, 0.717) is 110 Å². The highest BCUT2D eigenvalue weighted by Crippen LogP contribution is 2.44. The van der Waals surface area contributed by atoms with Crippen molar-refractivity contribution in [1.29, 1.82) is 0 Å². The van der Waals surface area contributed by atoms with E-state index < -0.39 is 59.3 Å². The number of ether oxygens (including phenoxy) is 7. The Balaban J connectivity index is 0.966. The second kappa shape index (κ2) is 33.8. The number of Topliss-reactive ketones (excluding diaryl/α,β-unsaturated/α-hetero) is 2. The number of amides is 3. The number of carboxylic acid groups (broad SMARTS) is 1. The molecule has 3 atom stereocenters. The van der Waals surface area contributed by atoms with Crippen molar-refractivity contribution in [1.82, 2.24) is 26.6 Å². The van der Waals surface area contributed by atoms with Crippen molar-refractivity contribution in [2.45, 2.75) is 160 Å². The molecule has 0 aromatic heterocycles. The maximum absolute atomic E-state index is 13.4. The standard InChI is InChI=1S/C58H89N5O15/c1-8-58(7,49(64)36-48(52(67)68)63-54(70)77-38-46-44-24-14-12-22-42(44)43-23-13-15-25-45(43)46)61-29-19-31-73-33-35-74-34-32-72-30-18-27-59-51(66)40-75-39-50(65)57(5,6)60-28-17-16-26-47(62-55(71)78-56(2,3)4)53(69)76-37-41-20-10-9-11-21-41/h12-15,22-25,41,46-48,60-61H,8-11,16-21,26-40H2,1-7H3,(H,59,66)(H,62,71)(H,63,70)(H,67,68)/t47?,48-,58?/m0/s1. The Morgan fingerprint density at radius 3 is 1.79 bits per heavy atom. The first kappa shape index (κ1) is 65.0. The number of carboxylic acids is 1. The summed E-state index contributed by atoms with van der Waals surface area (Å²) in [4.78, 5) is 89.1. The van der Waals surface area contributed by atoms with Gasteiger partial charge in [-0.2, -0.15) is 0 Å². The number of carbonyl (C=O) groups is 7. The Hall–Kier alpha value is -5.51. The lowest BCUT2D eigenvalue weighted by Gasteiger charge is -2.29. The summed E-state index contributed by atoms with van der Waals surface area (Å²) in [6.45, 7) is 15.7. The van der Waals surface area contributed by atoms with E-state index in [0.717, 1.165) is 47.9 Å². The minimum absolute atomic E-state index is 0.0177. The van der Waals surface area contributed by atoms with Crippen LogP contribution >= 0.6 is 0 Å². The highest BCUT2D eigenvalue weighted by molar-refractivity contribution is 5.93. The quantitative estimate of drug-likeness (QED) is 0.0230. The summed E-state index contributed by atoms with van der Waals surface area (Å²) >= 11 is 0. The maximum Gasteiger partial charge on any atom is 0.408 e. The van der Waals surface area contributed by atoms with Gasteiger partial charge in [-0.05, 0) is 134 Å². The summed E-state index contributed by atoms with van der Waals surface area (Å²) in [6.07, 6.45) is 6.66. The molecule has 436 valence electrons. The van der Waals surface area contributed by atoms with E-state index in [2.05, 4.69) is 26.6 Å². The van der Waals surface area contributed by atoms with E-state index in [9.17, 15) is 38.7 Å². The molecule has 2 aliphatic rings. The Morgan fingerprint density at radius 1 is 0.615 bits per heavy atom. The van der Waals surface area contributed by atoms with Crippen LogP contribution in [0.5, 0.6) is 0 Å². The molecule has 1 fully saturated rings. The van der Waals surface area contributed by atoms with Crippen molar-refractivity contribution in [3.05, 3.63) is 59.7 Å². The van der Waals surface area contributed by atoms with Crippen LogP contribution in [-0.2, 0) is 57.1 Å². The van der Waals surface area contributed by atoms with E-state index in [4.69, 9.17) is 33.2 Å². The lowest BCUT2D eigenvalue weighted by atomic mass is 9.89. The fraction of sp³-hybridized carbons (Fsp3) is 0.672. The first-order valence-corrected chi connectivity index (χ1v) is 27.9. The van der Waals surface area contributed by atoms with E-state index >= 15 is 0 Å². The second-order valence-electron chi connectivity index (χ2n) is 21.8. The van der Waals surface area contributed by atoms with Crippen LogP contribution in [0, 0.1) is 5.92 Å². The number of esters is 1. The number of rotatable bonds is 38. The Kier molecular flexibility index (Phi) is 28.2. The highest BCUT2D eigenvalue weighted by Gasteiger charge is 2.36. The van der Waals surface area contributed by atoms with Gasteiger partial charge in [0.1, 0.15) is 37.5 Å². The van der Waals surface area contributed by atoms with Gasteiger partial charge in [0.05, 0.1) is 44.1 Å². The largest absolute Gasteiger partial charge is 0.480 e. The first-order valence-electron chi connectivity index (χ1n) is 27.9. The monoisotopic (exact) mass is 1100 g/mol. The van der Waals surface area contributed by atoms with Crippen molar-refractivity contribution >= 4 is 41.6 Å². The van der Waals surface area contributed by atoms with Crippen molar-refractivity contribution in [2.75, 3.05) is 85.7 Å². The molecular formula is C58H89N5O15. The highest BCUT2D eigenvalue weighted by atomic mass is 16.6. The van der Waals surface area contributed by atoms with Crippen LogP contribution < -0.4 is 26.6 Å². The van der Waals surface area contributed by atoms with Gasteiger partial charge in [0, 0.05) is 32.1 Å². The van der Waals surface area contributed by atoms with Gasteiger partial charge in [-0.1, -0.05) is 74.7 Å². The number of benzene rings is 2. The second-order valence-corrected chi connectivity index (χ2v) is 21.8. The topological polar surface area (TPSA) is 264 Å². The zero-order valence-electron chi connectivity index (χ0n) is 47.3. The number of hydrogen-bond acceptors (Lipinski definition) is 16. The maximum atomic E-state index is 13.4. The predicted octanol–water partition coefficient (Wildman–Crippen LogP) is 6.78. The average molecular weight is 1100 g/mol. The molecule has 1 saturated carbocycles. The number of ketones is 2. The van der Waals surface area contributed by atoms with Crippen LogP contribution in [0.1, 0.15) is 143 Å². The van der Waals surface area contributed by atoms with Gasteiger partial charge < -0.3 is 64.8 Å². The van der Waals surface area contributed by atoms with Crippen molar-refractivity contribution in [3.8, 4) is 11.1 Å². The molecule has 4 rings (SSSR count). The van der Waals surface area contributed by atoms with Crippen LogP contribution in [0.15, 0.2) is 48.5 Å². The SMILES string of the molecule is CCC(C)(NCCCOCCOCCOCCCNC(=O)COCC(=O)C(C)(C)NCCCCC(NC(=O)OC(C)(C)C)C(=O)OCC1CCCCC1)C(=O)C[C@H](NC(=O)OCC1c2ccccc2-c2ccccc21)C(=O)O. The number of nitrogens with one attached hydrogen (secondary N) is 5. The lowest BCUT2D eigenvalue weighted by Crippen LogP contribution is -2.53. The first-order chi connectivity index (χ1) is 37.2. The molecule has 0 bridgehead atoms. The molecular weight excluding hydrogens is 1010 g/mol. The van der Waals surface area contributed by atoms with E-state index in [1.807, 2.05) is 55.5 Å². The summed E-state index contributed by atoms with van der Waals surface area (Å²) in [5.41, 5.74) is 1.55. The summed E-state index contributed by atoms with van der Waals surface area (Å²) in [5.74, 6) is -2.57. The molecule has 3 amide bonds. The average Bonchev–Trinajstić information content (AvgIpc) is 3.81. The molecule has 2 unspecified atom stereocenters. The van der Waals surface area contributed by atoms with E-state index in [-0.39, 0.29) is 43.2 Å². The number of unbranched alkanes of at least 4 members (excludes halogenated alkanes) is 1. The molecule has 2 aromatic carbocycles. The molecule has 20 nitrogen and oxygen atoms in total. The number of hydrogen-bond donors (Lipinski definition) is 6. The predicted molar refractivity (Wildman–Crippen MR) is 293 cm³/mol. The molecule has 0 saturated heterocycles. The van der Waals surface area contributed by atoms with Crippen molar-refractivity contribution in [2.24, 2.45) is 5.92 Å². The van der Waals surface area contributed by atoms with Gasteiger partial charge >= 0.3 is 24.1 Å². The Bertz CT molecular complexity index is 2170. The molecule has 2 aliphatic carbocycles. The number of carbonyl (C=O) groups excluding carboxylic acids is 6. The van der Waals surface area contributed by atoms with Crippen molar-refractivity contribution < 1.29 is 71.8 Å². The van der Waals surface area contributed by atoms with Gasteiger partial charge in [-0.25, -0.2) is 19.2 Å². The molecule has 2 aromatic rings. The minimum atomic E-state index is -1.46. The van der Waals surface area contributed by atoms with Gasteiger partial charge in [0.2, 0.25) is 5.91 Å². The van der Waals surface area contributed by atoms with Crippen molar-refractivity contribution in [3.63, 3.8) is 0 Å². The number of aliphatic carboxylic acids is 1. The van der Waals surface area contributed by atoms with Gasteiger partial charge in [0.25, 0.3) is 0 Å². The summed E-state index contributed by atoms with van der Waals surface area (Å²) < 4.78 is 38.8. The summed E-state index contributed by atoms with van der Waals surface area (Å²) in [6, 6.07) is 13.5. The molecule has 0 spiro atoms. The van der Waals surface area contributed by atoms with Crippen LogP contribution in [0.3, 0.4) is 0 Å². The lowest BCUT2D eigenvalue weighted by molar-refractivity contribution is -0.148. The molecule has 20 heteroatoms.